The van der Waals surface area contributed by atoms with Gasteiger partial charge in [-0.25, -0.2) is 4.98 Å². The molecule has 0 unspecified atom stereocenters. The van der Waals surface area contributed by atoms with Gasteiger partial charge >= 0.3 is 5.69 Å². The summed E-state index contributed by atoms with van der Waals surface area (Å²) in [4.78, 5) is 16.6. The lowest BCUT2D eigenvalue weighted by atomic mass is 10.3. The molecular weight excluding hydrogens is 220 g/mol. The van der Waals surface area contributed by atoms with Crippen LogP contribution in [0.2, 0.25) is 0 Å². The second kappa shape index (κ2) is 6.03. The van der Waals surface area contributed by atoms with Crippen molar-refractivity contribution < 1.29 is 4.92 Å². The summed E-state index contributed by atoms with van der Waals surface area (Å²) in [6, 6.07) is 3.12. The highest BCUT2D eigenvalue weighted by Gasteiger charge is 2.18. The fourth-order valence-electron chi connectivity index (χ4n) is 1.59. The summed E-state index contributed by atoms with van der Waals surface area (Å²) < 4.78 is 0. The van der Waals surface area contributed by atoms with Gasteiger partial charge in [0.1, 0.15) is 5.82 Å². The third kappa shape index (κ3) is 3.30. The zero-order valence-corrected chi connectivity index (χ0v) is 10.4. The molecule has 6 heteroatoms. The first-order valence-corrected chi connectivity index (χ1v) is 5.70. The first-order chi connectivity index (χ1) is 8.10. The lowest BCUT2D eigenvalue weighted by Gasteiger charge is -2.17. The average molecular weight is 238 g/mol. The first-order valence-electron chi connectivity index (χ1n) is 5.70. The molecule has 0 fully saturated rings. The number of nitrogens with one attached hydrogen (secondary N) is 1. The van der Waals surface area contributed by atoms with Gasteiger partial charge in [-0.05, 0) is 19.4 Å². The van der Waals surface area contributed by atoms with Crippen molar-refractivity contribution in [3.8, 4) is 0 Å². The van der Waals surface area contributed by atoms with Crippen molar-refractivity contribution in [1.82, 2.24) is 4.98 Å². The summed E-state index contributed by atoms with van der Waals surface area (Å²) in [6.45, 7) is 5.46. The summed E-state index contributed by atoms with van der Waals surface area (Å²) in [5.74, 6) is 1.08. The van der Waals surface area contributed by atoms with Crippen molar-refractivity contribution in [2.24, 2.45) is 0 Å². The fraction of sp³-hybridized carbons (Fsp3) is 0.545. The topological polar surface area (TPSA) is 71.3 Å². The van der Waals surface area contributed by atoms with Crippen LogP contribution in [0, 0.1) is 10.1 Å². The summed E-state index contributed by atoms with van der Waals surface area (Å²) in [6.07, 6.45) is 0.917. The molecule has 0 aliphatic rings. The molecule has 0 amide bonds. The zero-order valence-electron chi connectivity index (χ0n) is 10.4. The Bertz CT molecular complexity index is 395. The van der Waals surface area contributed by atoms with E-state index < -0.39 is 4.92 Å². The van der Waals surface area contributed by atoms with Crippen molar-refractivity contribution >= 4 is 17.3 Å². The van der Waals surface area contributed by atoms with E-state index in [1.165, 1.54) is 6.07 Å². The third-order valence-corrected chi connectivity index (χ3v) is 2.33. The van der Waals surface area contributed by atoms with Crippen LogP contribution in [-0.4, -0.2) is 30.0 Å². The summed E-state index contributed by atoms with van der Waals surface area (Å²) >= 11 is 0. The SMILES string of the molecule is CCCN(C)c1nc(NCC)ccc1[N+](=O)[O-]. The molecule has 0 atom stereocenters. The van der Waals surface area contributed by atoms with Crippen LogP contribution < -0.4 is 10.2 Å². The van der Waals surface area contributed by atoms with Crippen molar-refractivity contribution in [2.45, 2.75) is 20.3 Å². The minimum absolute atomic E-state index is 0.0441. The van der Waals surface area contributed by atoms with E-state index in [1.807, 2.05) is 20.9 Å². The Balaban J connectivity index is 3.10. The smallest absolute Gasteiger partial charge is 0.311 e. The highest BCUT2D eigenvalue weighted by molar-refractivity contribution is 5.61. The Morgan fingerprint density at radius 3 is 2.71 bits per heavy atom. The molecule has 1 aromatic heterocycles. The molecule has 1 N–H and O–H groups in total. The minimum Gasteiger partial charge on any atom is -0.370 e. The Kier molecular flexibility index (Phi) is 4.68. The standard InChI is InChI=1S/C11H18N4O2/c1-4-8-14(3)11-9(15(16)17)6-7-10(13-11)12-5-2/h6-7H,4-5,8H2,1-3H3,(H,12,13). The molecule has 0 spiro atoms. The van der Waals surface area contributed by atoms with Crippen molar-refractivity contribution in [2.75, 3.05) is 30.4 Å². The van der Waals surface area contributed by atoms with Gasteiger partial charge in [0.05, 0.1) is 4.92 Å². The molecule has 94 valence electrons. The van der Waals surface area contributed by atoms with Crippen molar-refractivity contribution in [1.29, 1.82) is 0 Å². The number of hydrogen-bond acceptors (Lipinski definition) is 5. The Morgan fingerprint density at radius 2 is 2.18 bits per heavy atom. The molecule has 0 radical (unpaired) electrons. The van der Waals surface area contributed by atoms with Gasteiger partial charge in [-0.1, -0.05) is 6.92 Å². The van der Waals surface area contributed by atoms with Crippen LogP contribution in [0.5, 0.6) is 0 Å². The molecule has 6 nitrogen and oxygen atoms in total. The molecule has 0 aliphatic carbocycles. The molecule has 0 aromatic carbocycles. The number of aromatic nitrogens is 1. The molecule has 0 aliphatic heterocycles. The molecule has 0 bridgehead atoms. The fourth-order valence-corrected chi connectivity index (χ4v) is 1.59. The minimum atomic E-state index is -0.399. The van der Waals surface area contributed by atoms with E-state index in [4.69, 9.17) is 0 Å². The Morgan fingerprint density at radius 1 is 1.47 bits per heavy atom. The molecule has 1 aromatic rings. The number of nitro groups is 1. The van der Waals surface area contributed by atoms with Crippen LogP contribution >= 0.6 is 0 Å². The van der Waals surface area contributed by atoms with Gasteiger partial charge in [0.25, 0.3) is 0 Å². The van der Waals surface area contributed by atoms with Gasteiger partial charge < -0.3 is 10.2 Å². The van der Waals surface area contributed by atoms with E-state index in [2.05, 4.69) is 10.3 Å². The summed E-state index contributed by atoms with van der Waals surface area (Å²) in [5, 5.41) is 14.0. The van der Waals surface area contributed by atoms with Gasteiger partial charge in [-0.15, -0.1) is 0 Å². The van der Waals surface area contributed by atoms with E-state index in [1.54, 1.807) is 11.0 Å². The van der Waals surface area contributed by atoms with Crippen LogP contribution in [0.4, 0.5) is 17.3 Å². The van der Waals surface area contributed by atoms with Crippen LogP contribution in [0.1, 0.15) is 20.3 Å². The van der Waals surface area contributed by atoms with E-state index in [0.717, 1.165) is 19.5 Å². The highest BCUT2D eigenvalue weighted by Crippen LogP contribution is 2.26. The van der Waals surface area contributed by atoms with Gasteiger partial charge in [0.15, 0.2) is 0 Å². The zero-order chi connectivity index (χ0) is 12.8. The summed E-state index contributed by atoms with van der Waals surface area (Å²) in [7, 11) is 1.81. The van der Waals surface area contributed by atoms with Gasteiger partial charge in [0, 0.05) is 26.2 Å². The number of rotatable bonds is 6. The van der Waals surface area contributed by atoms with Crippen LogP contribution in [-0.2, 0) is 0 Å². The number of nitrogens with zero attached hydrogens (tertiary/aromatic N) is 3. The van der Waals surface area contributed by atoms with Gasteiger partial charge in [-0.3, -0.25) is 10.1 Å². The number of anilines is 2. The molecule has 0 saturated carbocycles. The monoisotopic (exact) mass is 238 g/mol. The first kappa shape index (κ1) is 13.2. The van der Waals surface area contributed by atoms with Crippen LogP contribution in [0.3, 0.4) is 0 Å². The highest BCUT2D eigenvalue weighted by atomic mass is 16.6. The molecule has 17 heavy (non-hydrogen) atoms. The molecular formula is C11H18N4O2. The van der Waals surface area contributed by atoms with Gasteiger partial charge in [-0.2, -0.15) is 0 Å². The quantitative estimate of drug-likeness (QED) is 0.608. The Hall–Kier alpha value is -1.85. The van der Waals surface area contributed by atoms with E-state index >= 15 is 0 Å². The number of pyridine rings is 1. The maximum atomic E-state index is 10.9. The lowest BCUT2D eigenvalue weighted by molar-refractivity contribution is -0.384. The molecule has 0 saturated heterocycles. The lowest BCUT2D eigenvalue weighted by Crippen LogP contribution is -2.20. The third-order valence-electron chi connectivity index (χ3n) is 2.33. The molecule has 1 rings (SSSR count). The predicted octanol–water partition coefficient (Wildman–Crippen LogP) is 2.27. The van der Waals surface area contributed by atoms with E-state index in [-0.39, 0.29) is 5.69 Å². The summed E-state index contributed by atoms with van der Waals surface area (Å²) in [5.41, 5.74) is 0.0441. The second-order valence-electron chi connectivity index (χ2n) is 3.75. The Labute approximate surface area is 101 Å². The molecule has 1 heterocycles. The largest absolute Gasteiger partial charge is 0.370 e. The predicted molar refractivity (Wildman–Crippen MR) is 68.6 cm³/mol. The van der Waals surface area contributed by atoms with E-state index in [0.29, 0.717) is 11.6 Å². The maximum absolute atomic E-state index is 10.9. The van der Waals surface area contributed by atoms with Gasteiger partial charge in [0.2, 0.25) is 5.82 Å². The van der Waals surface area contributed by atoms with Crippen molar-refractivity contribution in [3.63, 3.8) is 0 Å². The average Bonchev–Trinajstić information content (AvgIpc) is 2.29. The van der Waals surface area contributed by atoms with Crippen LogP contribution in [0.25, 0.3) is 0 Å². The van der Waals surface area contributed by atoms with Crippen LogP contribution in [0.15, 0.2) is 12.1 Å². The normalized spacial score (nSPS) is 10.1. The van der Waals surface area contributed by atoms with Crippen molar-refractivity contribution in [3.05, 3.63) is 22.2 Å². The maximum Gasteiger partial charge on any atom is 0.311 e. The van der Waals surface area contributed by atoms with E-state index in [9.17, 15) is 10.1 Å². The second-order valence-corrected chi connectivity index (χ2v) is 3.75. The number of hydrogen-bond donors (Lipinski definition) is 1.